The summed E-state index contributed by atoms with van der Waals surface area (Å²) in [6.45, 7) is 15.0. The highest BCUT2D eigenvalue weighted by atomic mass is 16.5. The standard InChI is InChI=1S/C22H28N2O3.C2H6/c1-5-11-27-18-9-10-23-19(13-18)21(25)24-14-22(4,15-24)17-7-8-20(26-6-2)16(3)12-17;1-2/h7-10,12-13H,5-6,11,14-15H2,1-4H3;1-2H3. The molecule has 158 valence electrons. The van der Waals surface area contributed by atoms with Crippen molar-refractivity contribution in [3.8, 4) is 11.5 Å². The third kappa shape index (κ3) is 5.28. The summed E-state index contributed by atoms with van der Waals surface area (Å²) in [5.41, 5.74) is 2.76. The molecule has 0 unspecified atom stereocenters. The molecular formula is C24H34N2O3. The molecule has 5 heteroatoms. The lowest BCUT2D eigenvalue weighted by atomic mass is 9.75. The number of carbonyl (C=O) groups excluding carboxylic acids is 1. The van der Waals surface area contributed by atoms with E-state index in [2.05, 4.69) is 37.9 Å². The van der Waals surface area contributed by atoms with Crippen molar-refractivity contribution < 1.29 is 14.3 Å². The van der Waals surface area contributed by atoms with Gasteiger partial charge in [-0.2, -0.15) is 0 Å². The van der Waals surface area contributed by atoms with E-state index in [-0.39, 0.29) is 11.3 Å². The largest absolute Gasteiger partial charge is 0.494 e. The number of ether oxygens (including phenoxy) is 2. The molecule has 0 aliphatic carbocycles. The molecule has 1 aromatic carbocycles. The van der Waals surface area contributed by atoms with Gasteiger partial charge >= 0.3 is 0 Å². The minimum absolute atomic E-state index is 0.0402. The molecule has 0 atom stereocenters. The van der Waals surface area contributed by atoms with E-state index in [1.165, 1.54) is 5.56 Å². The lowest BCUT2D eigenvalue weighted by Crippen LogP contribution is -2.59. The molecule has 2 heterocycles. The van der Waals surface area contributed by atoms with Crippen molar-refractivity contribution in [2.45, 2.75) is 53.4 Å². The van der Waals surface area contributed by atoms with E-state index in [9.17, 15) is 4.79 Å². The fraction of sp³-hybridized carbons (Fsp3) is 0.500. The molecule has 0 radical (unpaired) electrons. The fourth-order valence-electron chi connectivity index (χ4n) is 3.46. The van der Waals surface area contributed by atoms with Gasteiger partial charge in [0.15, 0.2) is 0 Å². The minimum atomic E-state index is -0.0444. The molecule has 0 spiro atoms. The van der Waals surface area contributed by atoms with Gasteiger partial charge < -0.3 is 14.4 Å². The SMILES string of the molecule is CC.CCCOc1ccnc(C(=O)N2CC(C)(c3ccc(OCC)c(C)c3)C2)c1. The van der Waals surface area contributed by atoms with E-state index >= 15 is 0 Å². The maximum atomic E-state index is 12.8. The topological polar surface area (TPSA) is 51.7 Å². The van der Waals surface area contributed by atoms with Crippen molar-refractivity contribution in [1.29, 1.82) is 0 Å². The van der Waals surface area contributed by atoms with Gasteiger partial charge in [0.25, 0.3) is 5.91 Å². The summed E-state index contributed by atoms with van der Waals surface area (Å²) in [5, 5.41) is 0. The van der Waals surface area contributed by atoms with Crippen molar-refractivity contribution in [1.82, 2.24) is 9.88 Å². The predicted molar refractivity (Wildman–Crippen MR) is 117 cm³/mol. The molecule has 1 fully saturated rings. The second-order valence-corrected chi connectivity index (χ2v) is 7.36. The molecule has 0 saturated carbocycles. The lowest BCUT2D eigenvalue weighted by Gasteiger charge is -2.48. The van der Waals surface area contributed by atoms with Crippen LogP contribution in [0.1, 0.15) is 62.7 Å². The highest BCUT2D eigenvalue weighted by molar-refractivity contribution is 5.93. The van der Waals surface area contributed by atoms with Crippen LogP contribution >= 0.6 is 0 Å². The van der Waals surface area contributed by atoms with Crippen LogP contribution in [0.15, 0.2) is 36.5 Å². The quantitative estimate of drug-likeness (QED) is 0.657. The number of aromatic nitrogens is 1. The van der Waals surface area contributed by atoms with E-state index in [0.29, 0.717) is 37.7 Å². The maximum absolute atomic E-state index is 12.8. The summed E-state index contributed by atoms with van der Waals surface area (Å²) in [6, 6.07) is 9.82. The molecule has 1 aromatic heterocycles. The third-order valence-electron chi connectivity index (χ3n) is 4.96. The van der Waals surface area contributed by atoms with Crippen LogP contribution in [0.25, 0.3) is 0 Å². The highest BCUT2D eigenvalue weighted by Crippen LogP contribution is 2.36. The van der Waals surface area contributed by atoms with Gasteiger partial charge in [-0.25, -0.2) is 0 Å². The Labute approximate surface area is 175 Å². The molecule has 1 amide bonds. The van der Waals surface area contributed by atoms with Crippen LogP contribution in [0.2, 0.25) is 0 Å². The van der Waals surface area contributed by atoms with E-state index < -0.39 is 0 Å². The van der Waals surface area contributed by atoms with E-state index in [0.717, 1.165) is 17.7 Å². The Morgan fingerprint density at radius 1 is 1.14 bits per heavy atom. The maximum Gasteiger partial charge on any atom is 0.272 e. The number of aryl methyl sites for hydroxylation is 1. The summed E-state index contributed by atoms with van der Waals surface area (Å²) in [7, 11) is 0. The molecule has 1 aliphatic rings. The van der Waals surface area contributed by atoms with Crippen LogP contribution in [-0.2, 0) is 5.41 Å². The molecule has 0 N–H and O–H groups in total. The minimum Gasteiger partial charge on any atom is -0.494 e. The number of amides is 1. The first-order chi connectivity index (χ1) is 14.0. The summed E-state index contributed by atoms with van der Waals surface area (Å²) in [4.78, 5) is 18.8. The number of likely N-dealkylation sites (tertiary alicyclic amines) is 1. The van der Waals surface area contributed by atoms with Crippen LogP contribution < -0.4 is 9.47 Å². The van der Waals surface area contributed by atoms with Crippen molar-refractivity contribution >= 4 is 5.91 Å². The number of hydrogen-bond donors (Lipinski definition) is 0. The highest BCUT2D eigenvalue weighted by Gasteiger charge is 2.43. The molecule has 0 bridgehead atoms. The van der Waals surface area contributed by atoms with Gasteiger partial charge in [-0.3, -0.25) is 9.78 Å². The average Bonchev–Trinajstić information content (AvgIpc) is 2.72. The Hall–Kier alpha value is -2.56. The second-order valence-electron chi connectivity index (χ2n) is 7.36. The Morgan fingerprint density at radius 2 is 1.86 bits per heavy atom. The van der Waals surface area contributed by atoms with Gasteiger partial charge in [0.2, 0.25) is 0 Å². The Morgan fingerprint density at radius 3 is 2.48 bits per heavy atom. The number of carbonyl (C=O) groups is 1. The summed E-state index contributed by atoms with van der Waals surface area (Å²) in [5.74, 6) is 1.57. The number of benzene rings is 1. The molecule has 3 rings (SSSR count). The molecule has 1 saturated heterocycles. The Bertz CT molecular complexity index is 814. The van der Waals surface area contributed by atoms with E-state index in [4.69, 9.17) is 9.47 Å². The molecule has 2 aromatic rings. The van der Waals surface area contributed by atoms with Crippen molar-refractivity contribution in [2.75, 3.05) is 26.3 Å². The number of nitrogens with zero attached hydrogens (tertiary/aromatic N) is 2. The Balaban J connectivity index is 0.00000145. The van der Waals surface area contributed by atoms with Gasteiger partial charge in [-0.1, -0.05) is 39.8 Å². The van der Waals surface area contributed by atoms with Crippen molar-refractivity contribution in [2.24, 2.45) is 0 Å². The zero-order chi connectivity index (χ0) is 21.4. The van der Waals surface area contributed by atoms with Crippen LogP contribution in [0, 0.1) is 6.92 Å². The first-order valence-electron chi connectivity index (χ1n) is 10.6. The zero-order valence-electron chi connectivity index (χ0n) is 18.6. The second kappa shape index (κ2) is 10.3. The predicted octanol–water partition coefficient (Wildman–Crippen LogP) is 5.02. The first kappa shape index (κ1) is 22.7. The van der Waals surface area contributed by atoms with Crippen molar-refractivity contribution in [3.63, 3.8) is 0 Å². The first-order valence-corrected chi connectivity index (χ1v) is 10.6. The van der Waals surface area contributed by atoms with Gasteiger partial charge in [0, 0.05) is 30.8 Å². The number of rotatable bonds is 7. The summed E-state index contributed by atoms with van der Waals surface area (Å²) in [6.07, 6.45) is 2.56. The van der Waals surface area contributed by atoms with Crippen LogP contribution in [-0.4, -0.2) is 42.1 Å². The van der Waals surface area contributed by atoms with Crippen LogP contribution in [0.5, 0.6) is 11.5 Å². The number of pyridine rings is 1. The Kier molecular flexibility index (Phi) is 8.06. The average molecular weight is 399 g/mol. The molecule has 5 nitrogen and oxygen atoms in total. The monoisotopic (exact) mass is 398 g/mol. The molecular weight excluding hydrogens is 364 g/mol. The van der Waals surface area contributed by atoms with Crippen LogP contribution in [0.3, 0.4) is 0 Å². The van der Waals surface area contributed by atoms with Gasteiger partial charge in [-0.15, -0.1) is 0 Å². The van der Waals surface area contributed by atoms with Crippen molar-refractivity contribution in [3.05, 3.63) is 53.3 Å². The molecule has 1 aliphatic heterocycles. The van der Waals surface area contributed by atoms with Gasteiger partial charge in [0.05, 0.1) is 13.2 Å². The molecule has 29 heavy (non-hydrogen) atoms. The van der Waals surface area contributed by atoms with E-state index in [1.54, 1.807) is 18.3 Å². The van der Waals surface area contributed by atoms with E-state index in [1.807, 2.05) is 31.7 Å². The van der Waals surface area contributed by atoms with Crippen LogP contribution in [0.4, 0.5) is 0 Å². The smallest absolute Gasteiger partial charge is 0.272 e. The zero-order valence-corrected chi connectivity index (χ0v) is 18.6. The third-order valence-corrected chi connectivity index (χ3v) is 4.96. The normalized spacial score (nSPS) is 14.3. The fourth-order valence-corrected chi connectivity index (χ4v) is 3.46. The lowest BCUT2D eigenvalue weighted by molar-refractivity contribution is 0.0427. The summed E-state index contributed by atoms with van der Waals surface area (Å²) < 4.78 is 11.2. The summed E-state index contributed by atoms with van der Waals surface area (Å²) >= 11 is 0. The van der Waals surface area contributed by atoms with Gasteiger partial charge in [0.1, 0.15) is 17.2 Å². The number of hydrogen-bond acceptors (Lipinski definition) is 4. The van der Waals surface area contributed by atoms with Gasteiger partial charge in [-0.05, 0) is 43.5 Å².